The number of fused-ring (bicyclic) bond motifs is 3. The summed E-state index contributed by atoms with van der Waals surface area (Å²) in [5, 5.41) is 2.27. The molecule has 0 bridgehead atoms. The van der Waals surface area contributed by atoms with Crippen molar-refractivity contribution in [2.75, 3.05) is 0 Å². The average Bonchev–Trinajstić information content (AvgIpc) is 3.60. The van der Waals surface area contributed by atoms with Gasteiger partial charge in [0.15, 0.2) is 17.5 Å². The van der Waals surface area contributed by atoms with Gasteiger partial charge in [0, 0.05) is 38.7 Å². The predicted molar refractivity (Wildman–Crippen MR) is 227 cm³/mol. The summed E-state index contributed by atoms with van der Waals surface area (Å²) in [6, 6.07) is 67.1. The van der Waals surface area contributed by atoms with E-state index in [9.17, 15) is 0 Å². The lowest BCUT2D eigenvalue weighted by molar-refractivity contribution is 0.631. The molecular weight excluding hydrogens is 688 g/mol. The number of aromatic nitrogens is 4. The van der Waals surface area contributed by atoms with E-state index in [4.69, 9.17) is 15.0 Å². The molecule has 0 spiro atoms. The van der Waals surface area contributed by atoms with Gasteiger partial charge in [-0.2, -0.15) is 0 Å². The van der Waals surface area contributed by atoms with E-state index in [1.807, 2.05) is 91.0 Å². The van der Waals surface area contributed by atoms with Crippen molar-refractivity contribution >= 4 is 21.8 Å². The number of hydrogen-bond donors (Lipinski definition) is 0. The normalized spacial score (nSPS) is 11.3. The van der Waals surface area contributed by atoms with E-state index < -0.39 is 0 Å². The van der Waals surface area contributed by atoms with Crippen LogP contribution in [0.5, 0.6) is 0 Å². The highest BCUT2D eigenvalue weighted by Gasteiger charge is 2.21. The van der Waals surface area contributed by atoms with Crippen LogP contribution in [0.2, 0.25) is 0 Å². The van der Waals surface area contributed by atoms with Crippen LogP contribution in [-0.2, 0) is 0 Å². The van der Waals surface area contributed by atoms with Crippen LogP contribution in [0.25, 0.3) is 95.0 Å². The minimum atomic E-state index is -0.327. The summed E-state index contributed by atoms with van der Waals surface area (Å²) >= 11 is 0. The monoisotopic (exact) mass is 720 g/mol. The summed E-state index contributed by atoms with van der Waals surface area (Å²) in [6.45, 7) is 0. The largest absolute Gasteiger partial charge is 0.309 e. The second kappa shape index (κ2) is 14.0. The number of halogens is 1. The van der Waals surface area contributed by atoms with Crippen LogP contribution in [0.15, 0.2) is 200 Å². The van der Waals surface area contributed by atoms with Crippen LogP contribution in [-0.4, -0.2) is 19.5 Å². The molecule has 4 nitrogen and oxygen atoms in total. The fraction of sp³-hybridized carbons (Fsp3) is 0. The van der Waals surface area contributed by atoms with Crippen molar-refractivity contribution in [2.45, 2.75) is 0 Å². The molecule has 0 atom stereocenters. The van der Waals surface area contributed by atoms with Crippen LogP contribution in [0, 0.1) is 5.82 Å². The third kappa shape index (κ3) is 6.02. The molecule has 0 saturated carbocycles. The Bertz CT molecular complexity index is 2860. The van der Waals surface area contributed by atoms with Gasteiger partial charge in [0.25, 0.3) is 0 Å². The SMILES string of the molecule is Fc1ccccc1-c1cc(-n2c3cc(-c4ccccc4)ccc3c3ccc(-c4ccccc4)cc32)ccc1-c1nc(-c2ccccc2)nc(-c2ccccc2)n1. The third-order valence-electron chi connectivity index (χ3n) is 10.3. The molecule has 5 heteroatoms. The zero-order chi connectivity index (χ0) is 37.4. The molecule has 8 aromatic carbocycles. The lowest BCUT2D eigenvalue weighted by Crippen LogP contribution is -2.02. The van der Waals surface area contributed by atoms with Crippen molar-refractivity contribution < 1.29 is 4.39 Å². The summed E-state index contributed by atoms with van der Waals surface area (Å²) < 4.78 is 18.4. The Morgan fingerprint density at radius 1 is 0.321 bits per heavy atom. The van der Waals surface area contributed by atoms with Gasteiger partial charge in [0.1, 0.15) is 5.82 Å². The molecule has 56 heavy (non-hydrogen) atoms. The van der Waals surface area contributed by atoms with Crippen molar-refractivity contribution in [2.24, 2.45) is 0 Å². The van der Waals surface area contributed by atoms with E-state index in [2.05, 4.69) is 102 Å². The van der Waals surface area contributed by atoms with E-state index in [-0.39, 0.29) is 5.82 Å². The third-order valence-corrected chi connectivity index (χ3v) is 10.3. The average molecular weight is 721 g/mol. The van der Waals surface area contributed by atoms with Gasteiger partial charge in [-0.25, -0.2) is 19.3 Å². The summed E-state index contributed by atoms with van der Waals surface area (Å²) in [6.07, 6.45) is 0. The maximum atomic E-state index is 16.1. The minimum Gasteiger partial charge on any atom is -0.309 e. The molecule has 10 aromatic rings. The lowest BCUT2D eigenvalue weighted by atomic mass is 9.97. The Kier molecular flexibility index (Phi) is 8.30. The molecular formula is C51H33FN4. The Hall–Kier alpha value is -7.50. The van der Waals surface area contributed by atoms with Crippen LogP contribution in [0.4, 0.5) is 4.39 Å². The molecule has 0 radical (unpaired) electrons. The van der Waals surface area contributed by atoms with Gasteiger partial charge in [-0.15, -0.1) is 0 Å². The number of nitrogens with zero attached hydrogens (tertiary/aromatic N) is 4. The summed E-state index contributed by atoms with van der Waals surface area (Å²) in [5.74, 6) is 1.22. The van der Waals surface area contributed by atoms with Crippen molar-refractivity contribution in [1.82, 2.24) is 19.5 Å². The zero-order valence-corrected chi connectivity index (χ0v) is 30.2. The van der Waals surface area contributed by atoms with E-state index in [0.717, 1.165) is 60.9 Å². The lowest BCUT2D eigenvalue weighted by Gasteiger charge is -2.16. The molecule has 0 unspecified atom stereocenters. The van der Waals surface area contributed by atoms with E-state index in [1.165, 1.54) is 6.07 Å². The minimum absolute atomic E-state index is 0.327. The number of rotatable bonds is 7. The highest BCUT2D eigenvalue weighted by molar-refractivity contribution is 6.11. The molecule has 0 aliphatic carbocycles. The van der Waals surface area contributed by atoms with E-state index in [1.54, 1.807) is 6.07 Å². The molecule has 2 heterocycles. The van der Waals surface area contributed by atoms with Crippen LogP contribution >= 0.6 is 0 Å². The quantitative estimate of drug-likeness (QED) is 0.165. The maximum Gasteiger partial charge on any atom is 0.164 e. The standard InChI is InChI=1S/C51H33FN4/c52-46-24-14-13-23-41(46)45-33-40(27-30-44(45)51-54-49(36-19-9-3-10-20-36)53-50(55-51)37-21-11-4-12-22-37)56-47-31-38(34-15-5-1-6-16-34)25-28-42(47)43-29-26-39(32-48(43)56)35-17-7-2-8-18-35/h1-33H. The predicted octanol–water partition coefficient (Wildman–Crippen LogP) is 13.1. The first-order valence-corrected chi connectivity index (χ1v) is 18.6. The highest BCUT2D eigenvalue weighted by atomic mass is 19.1. The molecule has 2 aromatic heterocycles. The van der Waals surface area contributed by atoms with Gasteiger partial charge in [-0.3, -0.25) is 0 Å². The van der Waals surface area contributed by atoms with Crippen molar-refractivity contribution in [3.8, 4) is 73.2 Å². The topological polar surface area (TPSA) is 43.6 Å². The second-order valence-corrected chi connectivity index (χ2v) is 13.8. The van der Waals surface area contributed by atoms with E-state index in [0.29, 0.717) is 34.2 Å². The van der Waals surface area contributed by atoms with Gasteiger partial charge in [0.05, 0.1) is 11.0 Å². The fourth-order valence-electron chi connectivity index (χ4n) is 7.61. The van der Waals surface area contributed by atoms with Gasteiger partial charge in [0.2, 0.25) is 0 Å². The molecule has 264 valence electrons. The molecule has 0 saturated heterocycles. The first-order valence-electron chi connectivity index (χ1n) is 18.6. The van der Waals surface area contributed by atoms with Crippen LogP contribution in [0.1, 0.15) is 0 Å². The van der Waals surface area contributed by atoms with Gasteiger partial charge < -0.3 is 4.57 Å². The van der Waals surface area contributed by atoms with Gasteiger partial charge in [-0.05, 0) is 64.2 Å². The number of hydrogen-bond acceptors (Lipinski definition) is 3. The van der Waals surface area contributed by atoms with Gasteiger partial charge >= 0.3 is 0 Å². The Morgan fingerprint density at radius 3 is 1.27 bits per heavy atom. The van der Waals surface area contributed by atoms with Crippen LogP contribution in [0.3, 0.4) is 0 Å². The summed E-state index contributed by atoms with van der Waals surface area (Å²) in [5.41, 5.74) is 11.1. The van der Waals surface area contributed by atoms with Crippen LogP contribution < -0.4 is 0 Å². The molecule has 0 aliphatic heterocycles. The van der Waals surface area contributed by atoms with E-state index >= 15 is 4.39 Å². The highest BCUT2D eigenvalue weighted by Crippen LogP contribution is 2.40. The molecule has 0 N–H and O–H groups in total. The van der Waals surface area contributed by atoms with Crippen molar-refractivity contribution in [3.63, 3.8) is 0 Å². The van der Waals surface area contributed by atoms with Gasteiger partial charge in [-0.1, -0.05) is 164 Å². The number of benzene rings is 8. The fourth-order valence-corrected chi connectivity index (χ4v) is 7.61. The summed E-state index contributed by atoms with van der Waals surface area (Å²) in [4.78, 5) is 15.0. The first kappa shape index (κ1) is 33.1. The molecule has 0 amide bonds. The van der Waals surface area contributed by atoms with Crippen molar-refractivity contribution in [3.05, 3.63) is 206 Å². The zero-order valence-electron chi connectivity index (χ0n) is 30.2. The maximum absolute atomic E-state index is 16.1. The molecule has 0 aliphatic rings. The summed E-state index contributed by atoms with van der Waals surface area (Å²) in [7, 11) is 0. The van der Waals surface area contributed by atoms with Crippen molar-refractivity contribution in [1.29, 1.82) is 0 Å². The molecule has 0 fully saturated rings. The molecule has 10 rings (SSSR count). The Labute approximate surface area is 323 Å². The first-order chi connectivity index (χ1) is 27.7. The smallest absolute Gasteiger partial charge is 0.164 e. The Balaban J connectivity index is 1.25. The second-order valence-electron chi connectivity index (χ2n) is 13.8. The Morgan fingerprint density at radius 2 is 0.768 bits per heavy atom.